The van der Waals surface area contributed by atoms with E-state index in [1.165, 1.54) is 5.56 Å². The lowest BCUT2D eigenvalue weighted by Crippen LogP contribution is -2.41. The molecule has 0 aliphatic carbocycles. The number of ether oxygens (including phenoxy) is 1. The molecule has 0 radical (unpaired) electrons. The minimum Gasteiger partial charge on any atom is -0.371 e. The molecule has 1 aromatic carbocycles. The summed E-state index contributed by atoms with van der Waals surface area (Å²) >= 11 is 0. The van der Waals surface area contributed by atoms with Gasteiger partial charge in [-0.25, -0.2) is 0 Å². The monoisotopic (exact) mass is 314 g/mol. The lowest BCUT2D eigenvalue weighted by atomic mass is 10.1. The van der Waals surface area contributed by atoms with Crippen LogP contribution in [0.25, 0.3) is 0 Å². The van der Waals surface area contributed by atoms with Crippen LogP contribution in [0.15, 0.2) is 30.3 Å². The fourth-order valence-electron chi connectivity index (χ4n) is 1.97. The quantitative estimate of drug-likeness (QED) is 0.651. The Labute approximate surface area is 133 Å². The number of amides is 1. The Hall–Kier alpha value is -1.10. The van der Waals surface area contributed by atoms with Crippen molar-refractivity contribution in [2.45, 2.75) is 38.6 Å². The maximum Gasteiger partial charge on any atom is 0.246 e. The van der Waals surface area contributed by atoms with Crippen molar-refractivity contribution in [2.24, 2.45) is 5.73 Å². The second-order valence-corrected chi connectivity index (χ2v) is 4.93. The highest BCUT2D eigenvalue weighted by Crippen LogP contribution is 2.00. The van der Waals surface area contributed by atoms with Crippen LogP contribution in [0.3, 0.4) is 0 Å². The topological polar surface area (TPSA) is 64.3 Å². The Balaban J connectivity index is 0.00000400. The third kappa shape index (κ3) is 9.45. The zero-order valence-electron chi connectivity index (χ0n) is 12.7. The fourth-order valence-corrected chi connectivity index (χ4v) is 1.97. The van der Waals surface area contributed by atoms with Gasteiger partial charge in [-0.3, -0.25) is 4.79 Å². The molecule has 0 heterocycles. The third-order valence-electron chi connectivity index (χ3n) is 3.17. The Morgan fingerprint density at radius 1 is 1.33 bits per heavy atom. The van der Waals surface area contributed by atoms with E-state index in [0.717, 1.165) is 25.7 Å². The minimum atomic E-state index is -0.0791. The van der Waals surface area contributed by atoms with E-state index in [1.807, 2.05) is 18.2 Å². The van der Waals surface area contributed by atoms with E-state index in [2.05, 4.69) is 24.4 Å². The molecular weight excluding hydrogens is 288 g/mol. The highest BCUT2D eigenvalue weighted by molar-refractivity contribution is 5.85. The van der Waals surface area contributed by atoms with Crippen molar-refractivity contribution in [3.05, 3.63) is 35.9 Å². The Morgan fingerprint density at radius 2 is 2.05 bits per heavy atom. The van der Waals surface area contributed by atoms with E-state index in [9.17, 15) is 4.79 Å². The molecule has 5 heteroatoms. The maximum atomic E-state index is 11.7. The van der Waals surface area contributed by atoms with Crippen LogP contribution in [0.4, 0.5) is 0 Å². The van der Waals surface area contributed by atoms with Crippen LogP contribution in [0.1, 0.15) is 31.7 Å². The Kier molecular flexibility index (Phi) is 12.0. The van der Waals surface area contributed by atoms with Gasteiger partial charge in [0.25, 0.3) is 0 Å². The summed E-state index contributed by atoms with van der Waals surface area (Å²) in [5, 5.41) is 2.91. The molecule has 3 N–H and O–H groups in total. The first-order valence-electron chi connectivity index (χ1n) is 7.37. The van der Waals surface area contributed by atoms with Gasteiger partial charge in [0.05, 0.1) is 6.61 Å². The lowest BCUT2D eigenvalue weighted by molar-refractivity contribution is -0.126. The summed E-state index contributed by atoms with van der Waals surface area (Å²) in [5.74, 6) is -0.0791. The summed E-state index contributed by atoms with van der Waals surface area (Å²) in [4.78, 5) is 11.7. The molecule has 21 heavy (non-hydrogen) atoms. The average molecular weight is 315 g/mol. The van der Waals surface area contributed by atoms with Gasteiger partial charge in [-0.2, -0.15) is 0 Å². The maximum absolute atomic E-state index is 11.7. The van der Waals surface area contributed by atoms with E-state index in [4.69, 9.17) is 10.5 Å². The molecule has 0 fully saturated rings. The normalized spacial score (nSPS) is 11.5. The van der Waals surface area contributed by atoms with Gasteiger partial charge in [0.1, 0.15) is 6.61 Å². The second-order valence-electron chi connectivity index (χ2n) is 4.93. The highest BCUT2D eigenvalue weighted by Gasteiger charge is 2.09. The summed E-state index contributed by atoms with van der Waals surface area (Å²) < 4.78 is 5.40. The van der Waals surface area contributed by atoms with Crippen molar-refractivity contribution in [3.8, 4) is 0 Å². The molecule has 1 amide bonds. The van der Waals surface area contributed by atoms with Crippen LogP contribution in [0.5, 0.6) is 0 Å². The molecule has 1 atom stereocenters. The molecule has 0 aliphatic heterocycles. The summed E-state index contributed by atoms with van der Waals surface area (Å²) in [7, 11) is 0. The van der Waals surface area contributed by atoms with Crippen molar-refractivity contribution in [1.29, 1.82) is 0 Å². The SMILES string of the molecule is CCCCC(CN)NC(=O)COCCc1ccccc1.Cl. The van der Waals surface area contributed by atoms with Crippen molar-refractivity contribution in [1.82, 2.24) is 5.32 Å². The molecule has 120 valence electrons. The molecule has 0 aromatic heterocycles. The van der Waals surface area contributed by atoms with Crippen LogP contribution >= 0.6 is 12.4 Å². The van der Waals surface area contributed by atoms with Gasteiger partial charge in [0, 0.05) is 12.6 Å². The van der Waals surface area contributed by atoms with Gasteiger partial charge in [0.15, 0.2) is 0 Å². The zero-order valence-corrected chi connectivity index (χ0v) is 13.5. The zero-order chi connectivity index (χ0) is 14.6. The lowest BCUT2D eigenvalue weighted by Gasteiger charge is -2.16. The molecule has 0 aliphatic rings. The minimum absolute atomic E-state index is 0. The summed E-state index contributed by atoms with van der Waals surface area (Å²) in [5.41, 5.74) is 6.86. The van der Waals surface area contributed by atoms with Crippen LogP contribution in [0.2, 0.25) is 0 Å². The van der Waals surface area contributed by atoms with Crippen LogP contribution in [-0.4, -0.2) is 31.7 Å². The second kappa shape index (κ2) is 12.6. The van der Waals surface area contributed by atoms with Crippen LogP contribution < -0.4 is 11.1 Å². The summed E-state index contributed by atoms with van der Waals surface area (Å²) in [6.45, 7) is 3.27. The molecule has 1 rings (SSSR count). The largest absolute Gasteiger partial charge is 0.371 e. The van der Waals surface area contributed by atoms with E-state index < -0.39 is 0 Å². The van der Waals surface area contributed by atoms with E-state index in [-0.39, 0.29) is 31.0 Å². The standard InChI is InChI=1S/C16H26N2O2.ClH/c1-2-3-9-15(12-17)18-16(19)13-20-11-10-14-7-5-4-6-8-14;/h4-8,15H,2-3,9-13,17H2,1H3,(H,18,19);1H. The highest BCUT2D eigenvalue weighted by atomic mass is 35.5. The number of carbonyl (C=O) groups excluding carboxylic acids is 1. The van der Waals surface area contributed by atoms with Crippen molar-refractivity contribution >= 4 is 18.3 Å². The number of unbranched alkanes of at least 4 members (excludes halogenated alkanes) is 1. The Morgan fingerprint density at radius 3 is 2.67 bits per heavy atom. The third-order valence-corrected chi connectivity index (χ3v) is 3.17. The molecule has 0 bridgehead atoms. The number of hydrogen-bond acceptors (Lipinski definition) is 3. The van der Waals surface area contributed by atoms with Crippen LogP contribution in [-0.2, 0) is 16.0 Å². The predicted octanol–water partition coefficient (Wildman–Crippen LogP) is 2.30. The summed E-state index contributed by atoms with van der Waals surface area (Å²) in [6.07, 6.45) is 3.95. The number of carbonyl (C=O) groups is 1. The number of rotatable bonds is 10. The molecule has 1 unspecified atom stereocenters. The predicted molar refractivity (Wildman–Crippen MR) is 88.7 cm³/mol. The number of benzene rings is 1. The van der Waals surface area contributed by atoms with Gasteiger partial charge in [-0.1, -0.05) is 50.1 Å². The fraction of sp³-hybridized carbons (Fsp3) is 0.562. The van der Waals surface area contributed by atoms with E-state index in [0.29, 0.717) is 13.2 Å². The molecule has 0 saturated heterocycles. The number of halogens is 1. The molecule has 0 spiro atoms. The van der Waals surface area contributed by atoms with Crippen molar-refractivity contribution in [3.63, 3.8) is 0 Å². The molecular formula is C16H27ClN2O2. The van der Waals surface area contributed by atoms with Gasteiger partial charge in [-0.15, -0.1) is 12.4 Å². The van der Waals surface area contributed by atoms with E-state index in [1.54, 1.807) is 0 Å². The first-order valence-corrected chi connectivity index (χ1v) is 7.37. The van der Waals surface area contributed by atoms with Gasteiger partial charge in [-0.05, 0) is 18.4 Å². The number of hydrogen-bond donors (Lipinski definition) is 2. The van der Waals surface area contributed by atoms with Crippen LogP contribution in [0, 0.1) is 0 Å². The van der Waals surface area contributed by atoms with Gasteiger partial charge < -0.3 is 15.8 Å². The first-order chi connectivity index (χ1) is 9.76. The number of nitrogens with two attached hydrogens (primary N) is 1. The van der Waals surface area contributed by atoms with Crippen molar-refractivity contribution in [2.75, 3.05) is 19.8 Å². The average Bonchev–Trinajstić information content (AvgIpc) is 2.49. The number of nitrogens with one attached hydrogen (secondary N) is 1. The summed E-state index contributed by atoms with van der Waals surface area (Å²) in [6, 6.07) is 10.2. The van der Waals surface area contributed by atoms with Crippen molar-refractivity contribution < 1.29 is 9.53 Å². The van der Waals surface area contributed by atoms with Gasteiger partial charge in [0.2, 0.25) is 5.91 Å². The van der Waals surface area contributed by atoms with E-state index >= 15 is 0 Å². The smallest absolute Gasteiger partial charge is 0.246 e. The molecule has 1 aromatic rings. The Bertz CT molecular complexity index is 374. The van der Waals surface area contributed by atoms with Gasteiger partial charge >= 0.3 is 0 Å². The first kappa shape index (κ1) is 19.9. The molecule has 4 nitrogen and oxygen atoms in total. The molecule has 0 saturated carbocycles.